The van der Waals surface area contributed by atoms with E-state index in [2.05, 4.69) is 37.2 Å². The molecule has 0 saturated carbocycles. The zero-order valence-corrected chi connectivity index (χ0v) is 21.9. The fourth-order valence-electron chi connectivity index (χ4n) is 3.78. The Bertz CT molecular complexity index is 1230. The van der Waals surface area contributed by atoms with E-state index in [-0.39, 0.29) is 5.75 Å². The lowest BCUT2D eigenvalue weighted by Gasteiger charge is -2.34. The van der Waals surface area contributed by atoms with E-state index in [1.54, 1.807) is 24.3 Å². The molecule has 34 heavy (non-hydrogen) atoms. The summed E-state index contributed by atoms with van der Waals surface area (Å²) in [6.45, 7) is 3.82. The molecule has 0 aromatic heterocycles. The summed E-state index contributed by atoms with van der Waals surface area (Å²) in [5.74, 6) is -1.05. The number of hydrogen-bond donors (Lipinski definition) is 3. The maximum Gasteiger partial charge on any atom is 0.412 e. The monoisotopic (exact) mass is 589 g/mol. The zero-order valence-electron chi connectivity index (χ0n) is 18.7. The first-order valence-corrected chi connectivity index (χ1v) is 12.2. The van der Waals surface area contributed by atoms with E-state index in [0.717, 1.165) is 16.8 Å². The molecule has 0 radical (unpaired) electrons. The second-order valence-electron chi connectivity index (χ2n) is 8.53. The van der Waals surface area contributed by atoms with Crippen LogP contribution in [0.4, 0.5) is 10.5 Å². The number of aromatic hydroxyl groups is 1. The number of anilines is 1. The summed E-state index contributed by atoms with van der Waals surface area (Å²) in [7, 11) is 0. The summed E-state index contributed by atoms with van der Waals surface area (Å²) >= 11 is 6.78. The molecule has 178 valence electrons. The molecule has 1 amide bonds. The number of phenolic OH excluding ortho intramolecular Hbond substituents is 1. The van der Waals surface area contributed by atoms with Crippen molar-refractivity contribution in [3.05, 3.63) is 81.3 Å². The molecule has 3 aromatic carbocycles. The van der Waals surface area contributed by atoms with Crippen molar-refractivity contribution in [2.75, 3.05) is 5.32 Å². The highest BCUT2D eigenvalue weighted by molar-refractivity contribution is 9.11. The number of rotatable bonds is 8. The van der Waals surface area contributed by atoms with Crippen LogP contribution in [0.2, 0.25) is 0 Å². The maximum absolute atomic E-state index is 13.1. The average Bonchev–Trinajstić information content (AvgIpc) is 2.78. The Morgan fingerprint density at radius 1 is 1.12 bits per heavy atom. The molecule has 6 nitrogen and oxygen atoms in total. The highest BCUT2D eigenvalue weighted by atomic mass is 79.9. The van der Waals surface area contributed by atoms with Crippen LogP contribution in [0.5, 0.6) is 5.75 Å². The number of amides is 1. The second-order valence-corrected chi connectivity index (χ2v) is 10.3. The van der Waals surface area contributed by atoms with Crippen LogP contribution in [0.15, 0.2) is 75.7 Å². The predicted octanol–water partition coefficient (Wildman–Crippen LogP) is 7.81. The number of carbonyl (C=O) groups excluding carboxylic acids is 1. The Hall–Kier alpha value is -2.84. The fraction of sp³-hybridized carbons (Fsp3) is 0.231. The summed E-state index contributed by atoms with van der Waals surface area (Å²) in [5, 5.41) is 24.3. The molecule has 0 spiro atoms. The van der Waals surface area contributed by atoms with Crippen LogP contribution < -0.4 is 5.32 Å². The summed E-state index contributed by atoms with van der Waals surface area (Å²) in [6, 6.07) is 16.7. The molecular formula is C26H25Br2NO5. The van der Waals surface area contributed by atoms with Gasteiger partial charge >= 0.3 is 12.1 Å². The second kappa shape index (κ2) is 11.1. The highest BCUT2D eigenvalue weighted by Crippen LogP contribution is 2.46. The van der Waals surface area contributed by atoms with Crippen molar-refractivity contribution >= 4 is 60.4 Å². The highest BCUT2D eigenvalue weighted by Gasteiger charge is 2.36. The number of phenols is 1. The van der Waals surface area contributed by atoms with Crippen molar-refractivity contribution in [3.8, 4) is 5.75 Å². The third-order valence-corrected chi connectivity index (χ3v) is 6.58. The van der Waals surface area contributed by atoms with Gasteiger partial charge in [0.1, 0.15) is 11.9 Å². The van der Waals surface area contributed by atoms with Crippen molar-refractivity contribution in [2.24, 2.45) is 5.41 Å². The lowest BCUT2D eigenvalue weighted by molar-refractivity contribution is -0.131. The Balaban J connectivity index is 1.92. The molecule has 0 bridgehead atoms. The van der Waals surface area contributed by atoms with Crippen LogP contribution >= 0.6 is 31.9 Å². The van der Waals surface area contributed by atoms with Crippen LogP contribution in [0.25, 0.3) is 10.8 Å². The van der Waals surface area contributed by atoms with Crippen molar-refractivity contribution < 1.29 is 24.5 Å². The van der Waals surface area contributed by atoms with Gasteiger partial charge < -0.3 is 14.9 Å². The molecule has 3 aromatic rings. The topological polar surface area (TPSA) is 95.9 Å². The van der Waals surface area contributed by atoms with Crippen LogP contribution in [0.1, 0.15) is 38.4 Å². The van der Waals surface area contributed by atoms with Crippen molar-refractivity contribution in [1.82, 2.24) is 0 Å². The van der Waals surface area contributed by atoms with Crippen LogP contribution in [-0.2, 0) is 9.53 Å². The number of hydrogen-bond acceptors (Lipinski definition) is 4. The van der Waals surface area contributed by atoms with E-state index < -0.39 is 23.6 Å². The molecule has 0 saturated heterocycles. The van der Waals surface area contributed by atoms with Crippen molar-refractivity contribution in [1.29, 1.82) is 0 Å². The minimum atomic E-state index is -1.02. The summed E-state index contributed by atoms with van der Waals surface area (Å²) in [5.41, 5.74) is 0.404. The van der Waals surface area contributed by atoms with Gasteiger partial charge in [-0.05, 0) is 52.4 Å². The minimum Gasteiger partial charge on any atom is -0.506 e. The van der Waals surface area contributed by atoms with Gasteiger partial charge in [0, 0.05) is 26.9 Å². The smallest absolute Gasteiger partial charge is 0.412 e. The van der Waals surface area contributed by atoms with Crippen molar-refractivity contribution in [3.63, 3.8) is 0 Å². The number of carbonyl (C=O) groups is 2. The number of allylic oxidation sites excluding steroid dienone is 1. The van der Waals surface area contributed by atoms with Gasteiger partial charge in [-0.15, -0.1) is 0 Å². The summed E-state index contributed by atoms with van der Waals surface area (Å²) in [4.78, 5) is 23.9. The normalized spacial score (nSPS) is 12.6. The van der Waals surface area contributed by atoms with Crippen LogP contribution in [0, 0.1) is 5.41 Å². The molecule has 1 atom stereocenters. The van der Waals surface area contributed by atoms with E-state index in [9.17, 15) is 14.7 Å². The predicted molar refractivity (Wildman–Crippen MR) is 140 cm³/mol. The van der Waals surface area contributed by atoms with E-state index in [4.69, 9.17) is 9.84 Å². The van der Waals surface area contributed by atoms with Gasteiger partial charge in [-0.2, -0.15) is 0 Å². The summed E-state index contributed by atoms with van der Waals surface area (Å²) in [6.07, 6.45) is 2.13. The largest absolute Gasteiger partial charge is 0.506 e. The molecule has 0 unspecified atom stereocenters. The molecule has 0 aliphatic carbocycles. The van der Waals surface area contributed by atoms with Gasteiger partial charge in [-0.1, -0.05) is 72.3 Å². The zero-order chi connectivity index (χ0) is 24.9. The molecule has 0 fully saturated rings. The van der Waals surface area contributed by atoms with Gasteiger partial charge in [0.15, 0.2) is 0 Å². The summed E-state index contributed by atoms with van der Waals surface area (Å²) < 4.78 is 7.10. The molecule has 0 heterocycles. The van der Waals surface area contributed by atoms with Gasteiger partial charge in [0.2, 0.25) is 0 Å². The number of carboxylic acids is 1. The molecule has 0 aliphatic rings. The number of fused-ring (bicyclic) bond motifs is 1. The number of benzene rings is 3. The van der Waals surface area contributed by atoms with E-state index in [1.807, 2.05) is 50.2 Å². The fourth-order valence-corrected chi connectivity index (χ4v) is 5.04. The van der Waals surface area contributed by atoms with Crippen LogP contribution in [0.3, 0.4) is 0 Å². The van der Waals surface area contributed by atoms with Gasteiger partial charge in [0.05, 0.1) is 10.2 Å². The number of carboxylic acid groups (broad SMARTS) is 1. The lowest BCUT2D eigenvalue weighted by atomic mass is 9.78. The third-order valence-electron chi connectivity index (χ3n) is 5.52. The molecule has 3 N–H and O–H groups in total. The molecular weight excluding hydrogens is 566 g/mol. The number of aliphatic carboxylic acids is 1. The van der Waals surface area contributed by atoms with Gasteiger partial charge in [0.25, 0.3) is 0 Å². The molecule has 3 rings (SSSR count). The van der Waals surface area contributed by atoms with E-state index in [1.165, 1.54) is 0 Å². The SMILES string of the molecule is CC(C)(CC/C=C/C(=O)O)[C@@H](OC(=O)Nc1cccc2ccccc12)c1cc(Br)cc(Br)c1O. The Labute approximate surface area is 214 Å². The Kier molecular flexibility index (Phi) is 8.38. The Morgan fingerprint density at radius 3 is 2.56 bits per heavy atom. The first kappa shape index (κ1) is 25.8. The maximum atomic E-state index is 13.1. The van der Waals surface area contributed by atoms with Crippen LogP contribution in [-0.4, -0.2) is 22.3 Å². The van der Waals surface area contributed by atoms with E-state index in [0.29, 0.717) is 33.0 Å². The van der Waals surface area contributed by atoms with Gasteiger partial charge in [-0.25, -0.2) is 9.59 Å². The number of nitrogens with one attached hydrogen (secondary N) is 1. The minimum absolute atomic E-state index is 0.0275. The van der Waals surface area contributed by atoms with E-state index >= 15 is 0 Å². The third kappa shape index (κ3) is 6.39. The first-order chi connectivity index (χ1) is 16.1. The van der Waals surface area contributed by atoms with Gasteiger partial charge in [-0.3, -0.25) is 5.32 Å². The number of ether oxygens (including phenoxy) is 1. The number of halogens is 2. The lowest BCUT2D eigenvalue weighted by Crippen LogP contribution is -2.29. The first-order valence-electron chi connectivity index (χ1n) is 10.6. The molecule has 8 heteroatoms. The average molecular weight is 591 g/mol. The molecule has 0 aliphatic heterocycles. The standard InChI is InChI=1S/C26H25Br2NO5/c1-26(2,13-6-5-12-22(30)31)24(19-14-17(27)15-20(28)23(19)32)34-25(33)29-21-11-7-9-16-8-3-4-10-18(16)21/h3-5,7-12,14-15,24,32H,6,13H2,1-2H3,(H,29,33)(H,30,31)/b12-5+/t24-/m0/s1. The van der Waals surface area contributed by atoms with Crippen molar-refractivity contribution in [2.45, 2.75) is 32.8 Å². The quantitative estimate of drug-likeness (QED) is 0.232. The Morgan fingerprint density at radius 2 is 1.82 bits per heavy atom.